The number of hydrogen-bond acceptors (Lipinski definition) is 5. The molecule has 0 aromatic rings. The summed E-state index contributed by atoms with van der Waals surface area (Å²) in [5.41, 5.74) is 0. The van der Waals surface area contributed by atoms with Gasteiger partial charge in [-0.2, -0.15) is 0 Å². The maximum absolute atomic E-state index is 12.4. The normalized spacial score (nSPS) is 12.6. The monoisotopic (exact) mass is 960 g/mol. The van der Waals surface area contributed by atoms with Crippen LogP contribution in [0.15, 0.2) is 12.2 Å². The lowest BCUT2D eigenvalue weighted by atomic mass is 10.0. The van der Waals surface area contributed by atoms with E-state index in [1.807, 2.05) is 0 Å². The summed E-state index contributed by atoms with van der Waals surface area (Å²) in [5, 5.41) is 23.2. The number of hydrogen-bond donors (Lipinski definition) is 3. The Balaban J connectivity index is 3.34. The third kappa shape index (κ3) is 53.9. The molecule has 1 amide bonds. The van der Waals surface area contributed by atoms with E-state index < -0.39 is 12.1 Å². The molecule has 0 fully saturated rings. The van der Waals surface area contributed by atoms with Crippen LogP contribution in [0.3, 0.4) is 0 Å². The summed E-state index contributed by atoms with van der Waals surface area (Å²) in [6.07, 6.45) is 69.5. The molecule has 0 rings (SSSR count). The highest BCUT2D eigenvalue weighted by molar-refractivity contribution is 5.76. The zero-order chi connectivity index (χ0) is 49.3. The molecule has 0 saturated carbocycles. The maximum atomic E-state index is 12.4. The van der Waals surface area contributed by atoms with Crippen LogP contribution in [0.2, 0.25) is 0 Å². The van der Waals surface area contributed by atoms with E-state index in [-0.39, 0.29) is 18.5 Å². The first-order valence-electron chi connectivity index (χ1n) is 30.9. The minimum atomic E-state index is -0.661. The van der Waals surface area contributed by atoms with E-state index in [1.165, 1.54) is 276 Å². The van der Waals surface area contributed by atoms with Crippen molar-refractivity contribution < 1.29 is 24.5 Å². The van der Waals surface area contributed by atoms with Crippen LogP contribution in [-0.4, -0.2) is 47.4 Å². The Bertz CT molecular complexity index is 1020. The molecular weight excluding hydrogens is 839 g/mol. The number of aliphatic hydroxyl groups is 2. The number of esters is 1. The number of allylic oxidation sites excluding steroid dienone is 2. The quantitative estimate of drug-likeness (QED) is 0.0321. The summed E-state index contributed by atoms with van der Waals surface area (Å²) in [6.45, 7) is 4.96. The highest BCUT2D eigenvalue weighted by atomic mass is 16.5. The average molecular weight is 961 g/mol. The second-order valence-electron chi connectivity index (χ2n) is 21.4. The van der Waals surface area contributed by atoms with Crippen molar-refractivity contribution in [3.05, 3.63) is 12.2 Å². The van der Waals surface area contributed by atoms with Crippen molar-refractivity contribution in [2.45, 2.75) is 360 Å². The van der Waals surface area contributed by atoms with Crippen LogP contribution >= 0.6 is 0 Å². The first kappa shape index (κ1) is 66.6. The number of ether oxygens (including phenoxy) is 1. The van der Waals surface area contributed by atoms with Crippen molar-refractivity contribution in [2.24, 2.45) is 0 Å². The standard InChI is InChI=1S/C62H121NO5/c1-3-5-7-9-11-13-15-36-40-44-48-52-56-62(67)68-57-53-49-45-41-37-34-32-30-28-26-24-22-20-18-16-17-19-21-23-25-27-29-31-33-35-39-43-47-51-55-61(66)63-59(58-64)60(65)54-50-46-42-38-14-12-10-8-6-4-2/h16,18,59-60,64-65H,3-15,17,19-58H2,1-2H3,(H,63,66)/b18-16-. The van der Waals surface area contributed by atoms with E-state index in [4.69, 9.17) is 4.74 Å². The summed E-state index contributed by atoms with van der Waals surface area (Å²) in [5.74, 6) is -0.0168. The minimum Gasteiger partial charge on any atom is -0.466 e. The lowest BCUT2D eigenvalue weighted by molar-refractivity contribution is -0.143. The zero-order valence-electron chi connectivity index (χ0n) is 46.1. The smallest absolute Gasteiger partial charge is 0.305 e. The predicted molar refractivity (Wildman–Crippen MR) is 297 cm³/mol. The molecule has 6 nitrogen and oxygen atoms in total. The van der Waals surface area contributed by atoms with E-state index in [0.29, 0.717) is 25.9 Å². The van der Waals surface area contributed by atoms with Crippen LogP contribution < -0.4 is 5.32 Å². The summed E-state index contributed by atoms with van der Waals surface area (Å²) < 4.78 is 5.48. The van der Waals surface area contributed by atoms with Gasteiger partial charge in [0.05, 0.1) is 25.4 Å². The van der Waals surface area contributed by atoms with Gasteiger partial charge in [-0.05, 0) is 51.4 Å². The number of amides is 1. The molecule has 2 atom stereocenters. The van der Waals surface area contributed by atoms with Crippen LogP contribution in [0.5, 0.6) is 0 Å². The second kappa shape index (κ2) is 58.2. The van der Waals surface area contributed by atoms with Gasteiger partial charge >= 0.3 is 5.97 Å². The van der Waals surface area contributed by atoms with Crippen LogP contribution in [0, 0.1) is 0 Å². The Hall–Kier alpha value is -1.40. The molecule has 0 saturated heterocycles. The molecule has 404 valence electrons. The van der Waals surface area contributed by atoms with Gasteiger partial charge < -0.3 is 20.3 Å². The summed E-state index contributed by atoms with van der Waals surface area (Å²) >= 11 is 0. The maximum Gasteiger partial charge on any atom is 0.305 e. The molecule has 0 aliphatic rings. The third-order valence-electron chi connectivity index (χ3n) is 14.6. The van der Waals surface area contributed by atoms with Gasteiger partial charge in [0, 0.05) is 12.8 Å². The fraction of sp³-hybridized carbons (Fsp3) is 0.935. The number of carbonyl (C=O) groups excluding carboxylic acids is 2. The molecule has 0 heterocycles. The van der Waals surface area contributed by atoms with Gasteiger partial charge in [-0.25, -0.2) is 0 Å². The molecule has 0 aromatic carbocycles. The first-order valence-corrected chi connectivity index (χ1v) is 30.9. The van der Waals surface area contributed by atoms with Crippen molar-refractivity contribution >= 4 is 11.9 Å². The molecular formula is C62H121NO5. The van der Waals surface area contributed by atoms with Gasteiger partial charge in [-0.3, -0.25) is 9.59 Å². The number of rotatable bonds is 58. The van der Waals surface area contributed by atoms with E-state index >= 15 is 0 Å². The zero-order valence-corrected chi connectivity index (χ0v) is 46.1. The van der Waals surface area contributed by atoms with Gasteiger partial charge in [-0.15, -0.1) is 0 Å². The van der Waals surface area contributed by atoms with Crippen LogP contribution in [0.4, 0.5) is 0 Å². The van der Waals surface area contributed by atoms with Crippen LogP contribution in [-0.2, 0) is 14.3 Å². The lowest BCUT2D eigenvalue weighted by Crippen LogP contribution is -2.45. The van der Waals surface area contributed by atoms with Crippen molar-refractivity contribution in [3.8, 4) is 0 Å². The average Bonchev–Trinajstić information content (AvgIpc) is 3.34. The Morgan fingerprint density at radius 1 is 0.397 bits per heavy atom. The molecule has 3 N–H and O–H groups in total. The van der Waals surface area contributed by atoms with Crippen LogP contribution in [0.1, 0.15) is 348 Å². The van der Waals surface area contributed by atoms with E-state index in [0.717, 1.165) is 38.5 Å². The van der Waals surface area contributed by atoms with Gasteiger partial charge in [0.15, 0.2) is 0 Å². The first-order chi connectivity index (χ1) is 33.5. The van der Waals surface area contributed by atoms with Gasteiger partial charge in [0.25, 0.3) is 0 Å². The molecule has 0 bridgehead atoms. The largest absolute Gasteiger partial charge is 0.466 e. The molecule has 0 aromatic heterocycles. The Morgan fingerprint density at radius 2 is 0.691 bits per heavy atom. The highest BCUT2D eigenvalue weighted by Gasteiger charge is 2.20. The van der Waals surface area contributed by atoms with Gasteiger partial charge in [-0.1, -0.05) is 296 Å². The highest BCUT2D eigenvalue weighted by Crippen LogP contribution is 2.18. The van der Waals surface area contributed by atoms with E-state index in [1.54, 1.807) is 0 Å². The minimum absolute atomic E-state index is 0.0175. The summed E-state index contributed by atoms with van der Waals surface area (Å²) in [6, 6.07) is -0.538. The number of unbranched alkanes of at least 4 members (excludes halogenated alkanes) is 45. The van der Waals surface area contributed by atoms with Gasteiger partial charge in [0.2, 0.25) is 5.91 Å². The van der Waals surface area contributed by atoms with E-state index in [2.05, 4.69) is 31.3 Å². The van der Waals surface area contributed by atoms with Crippen LogP contribution in [0.25, 0.3) is 0 Å². The number of nitrogens with one attached hydrogen (secondary N) is 1. The molecule has 2 unspecified atom stereocenters. The third-order valence-corrected chi connectivity index (χ3v) is 14.6. The molecule has 0 aliphatic carbocycles. The van der Waals surface area contributed by atoms with Gasteiger partial charge in [0.1, 0.15) is 0 Å². The summed E-state index contributed by atoms with van der Waals surface area (Å²) in [7, 11) is 0. The molecule has 0 radical (unpaired) electrons. The number of aliphatic hydroxyl groups excluding tert-OH is 2. The molecule has 6 heteroatoms. The second-order valence-corrected chi connectivity index (χ2v) is 21.4. The molecule has 68 heavy (non-hydrogen) atoms. The number of carbonyl (C=O) groups is 2. The Morgan fingerprint density at radius 3 is 1.04 bits per heavy atom. The Labute approximate surface area is 425 Å². The topological polar surface area (TPSA) is 95.9 Å². The molecule has 0 spiro atoms. The van der Waals surface area contributed by atoms with E-state index in [9.17, 15) is 19.8 Å². The fourth-order valence-electron chi connectivity index (χ4n) is 9.81. The molecule has 0 aliphatic heterocycles. The lowest BCUT2D eigenvalue weighted by Gasteiger charge is -2.22. The fourth-order valence-corrected chi connectivity index (χ4v) is 9.81. The van der Waals surface area contributed by atoms with Crippen molar-refractivity contribution in [3.63, 3.8) is 0 Å². The SMILES string of the molecule is CCCCCCCCCCCCCCC(=O)OCCCCCCCCCCCCCC/C=C\CCCCCCCCCCCCCCCC(=O)NC(CO)C(O)CCCCCCCCCCCC. The Kier molecular flexibility index (Phi) is 57.0. The summed E-state index contributed by atoms with van der Waals surface area (Å²) in [4.78, 5) is 24.4. The predicted octanol–water partition coefficient (Wildman–Crippen LogP) is 19.2. The van der Waals surface area contributed by atoms with Crippen molar-refractivity contribution in [1.82, 2.24) is 5.32 Å². The van der Waals surface area contributed by atoms with Crippen molar-refractivity contribution in [2.75, 3.05) is 13.2 Å². The van der Waals surface area contributed by atoms with Crippen molar-refractivity contribution in [1.29, 1.82) is 0 Å².